The molecule has 1 N–H and O–H groups in total. The fourth-order valence-corrected chi connectivity index (χ4v) is 2.61. The molecule has 1 fully saturated rings. The molecule has 3 nitrogen and oxygen atoms in total. The molecular formula is C20H32O3. The van der Waals surface area contributed by atoms with Crippen LogP contribution in [0.3, 0.4) is 0 Å². The van der Waals surface area contributed by atoms with Crippen LogP contribution in [0.2, 0.25) is 0 Å². The van der Waals surface area contributed by atoms with Gasteiger partial charge in [-0.05, 0) is 25.0 Å². The lowest BCUT2D eigenvalue weighted by Gasteiger charge is -2.01. The van der Waals surface area contributed by atoms with Gasteiger partial charge in [0.2, 0.25) is 0 Å². The van der Waals surface area contributed by atoms with Gasteiger partial charge in [-0.15, -0.1) is 0 Å². The number of hydrogen-bond acceptors (Lipinski definition) is 2. The van der Waals surface area contributed by atoms with Gasteiger partial charge in [-0.1, -0.05) is 77.2 Å². The predicted octanol–water partition coefficient (Wildman–Crippen LogP) is 6.13. The largest absolute Gasteiger partial charge is 0.478 e. The Morgan fingerprint density at radius 3 is 2.04 bits per heavy atom. The van der Waals surface area contributed by atoms with Crippen LogP contribution in [0, 0.1) is 0 Å². The lowest BCUT2D eigenvalue weighted by atomic mass is 10.1. The van der Waals surface area contributed by atoms with Gasteiger partial charge in [0.05, 0.1) is 0 Å². The van der Waals surface area contributed by atoms with Crippen LogP contribution < -0.4 is 0 Å². The minimum atomic E-state index is -0.936. The molecule has 1 rings (SSSR count). The molecule has 0 spiro atoms. The van der Waals surface area contributed by atoms with Gasteiger partial charge in [-0.3, -0.25) is 0 Å². The van der Waals surface area contributed by atoms with Gasteiger partial charge in [-0.2, -0.15) is 0 Å². The number of allylic oxidation sites excluding steroid dienone is 3. The van der Waals surface area contributed by atoms with Crippen molar-refractivity contribution in [1.29, 1.82) is 0 Å². The first-order chi connectivity index (χ1) is 11.2. The van der Waals surface area contributed by atoms with Crippen molar-refractivity contribution in [3.05, 3.63) is 35.8 Å². The summed E-state index contributed by atoms with van der Waals surface area (Å²) in [5.74, 6) is 0.770. The molecule has 0 aromatic rings. The van der Waals surface area contributed by atoms with E-state index in [0.717, 1.165) is 24.0 Å². The molecule has 0 amide bonds. The minimum absolute atomic E-state index is 0.797. The van der Waals surface area contributed by atoms with Crippen LogP contribution in [0.5, 0.6) is 0 Å². The zero-order valence-corrected chi connectivity index (χ0v) is 14.6. The van der Waals surface area contributed by atoms with Crippen molar-refractivity contribution in [3.63, 3.8) is 0 Å². The standard InChI is InChI=1S/C20H32O3/c1-2-3-4-5-6-7-8-9-10-11-12-13-15-18-19(23-18)16-14-17-20(21)22/h14-17H,2-13H2,1H3,(H,21,22)/b17-14-,18-15?,19-16-. The summed E-state index contributed by atoms with van der Waals surface area (Å²) >= 11 is 0. The summed E-state index contributed by atoms with van der Waals surface area (Å²) in [5.41, 5.74) is 0. The number of rotatable bonds is 14. The van der Waals surface area contributed by atoms with E-state index >= 15 is 0 Å². The smallest absolute Gasteiger partial charge is 0.328 e. The molecule has 0 aromatic carbocycles. The van der Waals surface area contributed by atoms with Crippen molar-refractivity contribution < 1.29 is 14.6 Å². The van der Waals surface area contributed by atoms with Crippen molar-refractivity contribution in [2.45, 2.75) is 84.0 Å². The molecule has 0 atom stereocenters. The van der Waals surface area contributed by atoms with Gasteiger partial charge in [-0.25, -0.2) is 4.79 Å². The highest BCUT2D eigenvalue weighted by Gasteiger charge is 2.22. The van der Waals surface area contributed by atoms with Crippen LogP contribution >= 0.6 is 0 Å². The molecule has 1 aliphatic heterocycles. The van der Waals surface area contributed by atoms with E-state index in [1.54, 1.807) is 6.08 Å². The van der Waals surface area contributed by atoms with E-state index in [1.165, 1.54) is 76.7 Å². The summed E-state index contributed by atoms with van der Waals surface area (Å²) in [4.78, 5) is 10.3. The molecule has 23 heavy (non-hydrogen) atoms. The first-order valence-electron chi connectivity index (χ1n) is 9.23. The molecule has 3 heteroatoms. The van der Waals surface area contributed by atoms with Gasteiger partial charge >= 0.3 is 5.97 Å². The zero-order valence-electron chi connectivity index (χ0n) is 14.6. The Labute approximate surface area is 141 Å². The number of carboxylic acid groups (broad SMARTS) is 1. The molecule has 1 saturated heterocycles. The second-order valence-electron chi connectivity index (χ2n) is 6.22. The lowest BCUT2D eigenvalue weighted by molar-refractivity contribution is -0.131. The number of carbonyl (C=O) groups is 1. The summed E-state index contributed by atoms with van der Waals surface area (Å²) < 4.78 is 5.28. The summed E-state index contributed by atoms with van der Waals surface area (Å²) in [6.45, 7) is 2.26. The maximum absolute atomic E-state index is 10.3. The number of aliphatic carboxylic acids is 1. The molecule has 1 heterocycles. The fraction of sp³-hybridized carbons (Fsp3) is 0.650. The van der Waals surface area contributed by atoms with Gasteiger partial charge < -0.3 is 9.84 Å². The first-order valence-corrected chi connectivity index (χ1v) is 9.23. The number of hydrogen-bond donors (Lipinski definition) is 1. The van der Waals surface area contributed by atoms with E-state index in [0.29, 0.717) is 0 Å². The topological polar surface area (TPSA) is 49.8 Å². The first kappa shape index (κ1) is 19.5. The molecule has 1 aliphatic rings. The predicted molar refractivity (Wildman–Crippen MR) is 95.1 cm³/mol. The molecule has 0 bridgehead atoms. The van der Waals surface area contributed by atoms with Gasteiger partial charge in [0, 0.05) is 6.08 Å². The molecule has 0 radical (unpaired) electrons. The van der Waals surface area contributed by atoms with Crippen LogP contribution in [0.15, 0.2) is 35.8 Å². The summed E-state index contributed by atoms with van der Waals surface area (Å²) in [6.07, 6.45) is 22.4. The fourth-order valence-electron chi connectivity index (χ4n) is 2.61. The van der Waals surface area contributed by atoms with Crippen LogP contribution in [-0.4, -0.2) is 11.1 Å². The zero-order chi connectivity index (χ0) is 16.8. The Morgan fingerprint density at radius 1 is 0.913 bits per heavy atom. The third kappa shape index (κ3) is 11.7. The highest BCUT2D eigenvalue weighted by Crippen LogP contribution is 2.32. The Bertz CT molecular complexity index is 419. The Hall–Kier alpha value is -1.51. The minimum Gasteiger partial charge on any atom is -0.478 e. The van der Waals surface area contributed by atoms with Crippen LogP contribution in [0.1, 0.15) is 84.0 Å². The van der Waals surface area contributed by atoms with Crippen molar-refractivity contribution in [2.24, 2.45) is 0 Å². The average Bonchev–Trinajstić information content (AvgIpc) is 3.26. The third-order valence-corrected chi connectivity index (χ3v) is 4.04. The van der Waals surface area contributed by atoms with Crippen molar-refractivity contribution >= 4 is 5.97 Å². The SMILES string of the molecule is CCCCCCCCCCCCCC=C1O/C1=C\C=C/C(=O)O. The van der Waals surface area contributed by atoms with E-state index in [-0.39, 0.29) is 0 Å². The van der Waals surface area contributed by atoms with E-state index in [4.69, 9.17) is 9.84 Å². The maximum Gasteiger partial charge on any atom is 0.328 e. The number of epoxide rings is 1. The summed E-state index contributed by atoms with van der Waals surface area (Å²) in [7, 11) is 0. The summed E-state index contributed by atoms with van der Waals surface area (Å²) in [6, 6.07) is 0. The molecule has 130 valence electrons. The second kappa shape index (κ2) is 13.0. The number of unbranched alkanes of at least 4 members (excludes halogenated alkanes) is 11. The normalized spacial score (nSPS) is 17.1. The molecular weight excluding hydrogens is 288 g/mol. The Kier molecular flexibility index (Phi) is 11.0. The lowest BCUT2D eigenvalue weighted by Crippen LogP contribution is -1.84. The molecule has 0 saturated carbocycles. The highest BCUT2D eigenvalue weighted by molar-refractivity contribution is 5.80. The Balaban J connectivity index is 1.87. The molecule has 0 aliphatic carbocycles. The van der Waals surface area contributed by atoms with Crippen LogP contribution in [0.25, 0.3) is 0 Å². The van der Waals surface area contributed by atoms with Crippen LogP contribution in [-0.2, 0) is 9.53 Å². The second-order valence-corrected chi connectivity index (χ2v) is 6.22. The summed E-state index contributed by atoms with van der Waals surface area (Å²) in [5, 5.41) is 8.47. The Morgan fingerprint density at radius 2 is 1.48 bits per heavy atom. The van der Waals surface area contributed by atoms with Crippen LogP contribution in [0.4, 0.5) is 0 Å². The van der Waals surface area contributed by atoms with Crippen molar-refractivity contribution in [2.75, 3.05) is 0 Å². The highest BCUT2D eigenvalue weighted by atomic mass is 16.6. The van der Waals surface area contributed by atoms with Gasteiger partial charge in [0.15, 0.2) is 11.5 Å². The van der Waals surface area contributed by atoms with E-state index in [9.17, 15) is 4.79 Å². The van der Waals surface area contributed by atoms with E-state index in [1.807, 2.05) is 0 Å². The quantitative estimate of drug-likeness (QED) is 0.238. The van der Waals surface area contributed by atoms with E-state index < -0.39 is 5.97 Å². The van der Waals surface area contributed by atoms with Gasteiger partial charge in [0.25, 0.3) is 0 Å². The number of carboxylic acids is 1. The monoisotopic (exact) mass is 320 g/mol. The number of ether oxygens (including phenoxy) is 1. The van der Waals surface area contributed by atoms with Gasteiger partial charge in [0.1, 0.15) is 0 Å². The van der Waals surface area contributed by atoms with Crippen molar-refractivity contribution in [3.8, 4) is 0 Å². The molecule has 0 unspecified atom stereocenters. The molecule has 0 aromatic heterocycles. The average molecular weight is 320 g/mol. The van der Waals surface area contributed by atoms with Crippen molar-refractivity contribution in [1.82, 2.24) is 0 Å². The maximum atomic E-state index is 10.3. The third-order valence-electron chi connectivity index (χ3n) is 4.04. The van der Waals surface area contributed by atoms with E-state index in [2.05, 4.69) is 13.0 Å².